The van der Waals surface area contributed by atoms with Crippen LogP contribution in [0.25, 0.3) is 0 Å². The van der Waals surface area contributed by atoms with E-state index < -0.39 is 11.7 Å². The lowest BCUT2D eigenvalue weighted by Gasteiger charge is -2.09. The number of amides is 1. The molecule has 0 saturated carbocycles. The Morgan fingerprint density at radius 3 is 2.29 bits per heavy atom. The summed E-state index contributed by atoms with van der Waals surface area (Å²) < 4.78 is 42.8. The summed E-state index contributed by atoms with van der Waals surface area (Å²) in [6, 6.07) is 14.0. The predicted molar refractivity (Wildman–Crippen MR) is 84.5 cm³/mol. The third kappa shape index (κ3) is 5.95. The first-order valence-corrected chi connectivity index (χ1v) is 7.56. The summed E-state index contributed by atoms with van der Waals surface area (Å²) in [5.41, 5.74) is -0.0764. The van der Waals surface area contributed by atoms with E-state index in [1.54, 1.807) is 0 Å². The number of hydrogen-bond donors (Lipinski definition) is 1. The quantitative estimate of drug-likeness (QED) is 0.770. The summed E-state index contributed by atoms with van der Waals surface area (Å²) in [5, 5.41) is 2.68. The van der Waals surface area contributed by atoms with Crippen LogP contribution in [0.5, 0.6) is 5.75 Å². The van der Waals surface area contributed by atoms with Crippen molar-refractivity contribution in [3.63, 3.8) is 0 Å². The van der Waals surface area contributed by atoms with Gasteiger partial charge in [-0.1, -0.05) is 30.3 Å². The van der Waals surface area contributed by atoms with Crippen molar-refractivity contribution in [1.82, 2.24) is 5.32 Å². The van der Waals surface area contributed by atoms with E-state index in [1.807, 2.05) is 30.3 Å². The predicted octanol–water partition coefficient (Wildman–Crippen LogP) is 4.18. The molecule has 2 rings (SSSR count). The number of halogens is 3. The van der Waals surface area contributed by atoms with E-state index in [0.717, 1.165) is 17.9 Å². The molecule has 0 spiro atoms. The fourth-order valence-corrected chi connectivity index (χ4v) is 2.04. The van der Waals surface area contributed by atoms with Crippen LogP contribution in [0.3, 0.4) is 0 Å². The van der Waals surface area contributed by atoms with Gasteiger partial charge in [0.05, 0.1) is 12.2 Å². The summed E-state index contributed by atoms with van der Waals surface area (Å²) in [5.74, 6) is 0.592. The second-order valence-corrected chi connectivity index (χ2v) is 5.24. The van der Waals surface area contributed by atoms with Gasteiger partial charge in [-0.2, -0.15) is 13.2 Å². The highest BCUT2D eigenvalue weighted by Crippen LogP contribution is 2.29. The van der Waals surface area contributed by atoms with Gasteiger partial charge in [0.1, 0.15) is 5.75 Å². The summed E-state index contributed by atoms with van der Waals surface area (Å²) in [4.78, 5) is 11.7. The molecule has 2 aromatic carbocycles. The van der Waals surface area contributed by atoms with Gasteiger partial charge in [-0.25, -0.2) is 0 Å². The van der Waals surface area contributed by atoms with Gasteiger partial charge in [0.2, 0.25) is 5.91 Å². The molecule has 0 unspecified atom stereocenters. The van der Waals surface area contributed by atoms with Gasteiger partial charge in [0.25, 0.3) is 0 Å². The van der Waals surface area contributed by atoms with Crippen LogP contribution in [-0.4, -0.2) is 12.5 Å². The molecule has 3 nitrogen and oxygen atoms in total. The van der Waals surface area contributed by atoms with Crippen molar-refractivity contribution in [2.75, 3.05) is 6.61 Å². The average Bonchev–Trinajstić information content (AvgIpc) is 2.57. The molecule has 0 fully saturated rings. The molecule has 0 aromatic heterocycles. The maximum absolute atomic E-state index is 12.4. The van der Waals surface area contributed by atoms with Crippen LogP contribution in [0.4, 0.5) is 13.2 Å². The number of alkyl halides is 3. The second-order valence-electron chi connectivity index (χ2n) is 5.24. The molecule has 1 N–H and O–H groups in total. The first-order valence-electron chi connectivity index (χ1n) is 7.56. The summed E-state index contributed by atoms with van der Waals surface area (Å²) >= 11 is 0. The Morgan fingerprint density at radius 1 is 1.00 bits per heavy atom. The molecule has 2 aromatic rings. The van der Waals surface area contributed by atoms with Gasteiger partial charge in [0, 0.05) is 13.0 Å². The number of nitrogens with one attached hydrogen (secondary N) is 1. The third-order valence-electron chi connectivity index (χ3n) is 3.33. The van der Waals surface area contributed by atoms with E-state index >= 15 is 0 Å². The largest absolute Gasteiger partial charge is 0.494 e. The number of benzene rings is 2. The molecule has 1 amide bonds. The van der Waals surface area contributed by atoms with Crippen molar-refractivity contribution in [3.05, 3.63) is 65.7 Å². The molecule has 0 aliphatic rings. The second kappa shape index (κ2) is 8.38. The highest BCUT2D eigenvalue weighted by atomic mass is 19.4. The summed E-state index contributed by atoms with van der Waals surface area (Å²) in [6.07, 6.45) is -3.48. The maximum atomic E-state index is 12.4. The molecule has 0 aliphatic carbocycles. The molecule has 0 aliphatic heterocycles. The molecule has 128 valence electrons. The number of carbonyl (C=O) groups excluding carboxylic acids is 1. The maximum Gasteiger partial charge on any atom is 0.416 e. The lowest BCUT2D eigenvalue weighted by molar-refractivity contribution is -0.137. The molecule has 0 saturated heterocycles. The molecule has 6 heteroatoms. The molecular formula is C18H18F3NO2. The number of ether oxygens (including phenoxy) is 1. The monoisotopic (exact) mass is 337 g/mol. The van der Waals surface area contributed by atoms with E-state index in [9.17, 15) is 18.0 Å². The Kier molecular flexibility index (Phi) is 6.23. The lowest BCUT2D eigenvalue weighted by Crippen LogP contribution is -2.23. The van der Waals surface area contributed by atoms with Crippen molar-refractivity contribution in [1.29, 1.82) is 0 Å². The van der Waals surface area contributed by atoms with Gasteiger partial charge in [-0.05, 0) is 36.2 Å². The van der Waals surface area contributed by atoms with Crippen molar-refractivity contribution in [2.45, 2.75) is 25.6 Å². The van der Waals surface area contributed by atoms with Crippen molar-refractivity contribution < 1.29 is 22.7 Å². The van der Waals surface area contributed by atoms with Crippen LogP contribution in [-0.2, 0) is 17.5 Å². The van der Waals surface area contributed by atoms with Crippen LogP contribution in [0, 0.1) is 0 Å². The highest BCUT2D eigenvalue weighted by molar-refractivity contribution is 5.75. The van der Waals surface area contributed by atoms with E-state index in [1.165, 1.54) is 12.1 Å². The number of carbonyl (C=O) groups is 1. The smallest absolute Gasteiger partial charge is 0.416 e. The summed E-state index contributed by atoms with van der Waals surface area (Å²) in [6.45, 7) is 0.633. The van der Waals surface area contributed by atoms with Crippen molar-refractivity contribution in [2.24, 2.45) is 0 Å². The van der Waals surface area contributed by atoms with Crippen LogP contribution in [0.15, 0.2) is 54.6 Å². The standard InChI is InChI=1S/C18H18F3NO2/c19-18(20,21)15-10-8-14(9-11-15)13-22-17(23)7-4-12-24-16-5-2-1-3-6-16/h1-3,5-6,8-11H,4,7,12-13H2,(H,22,23). The fourth-order valence-electron chi connectivity index (χ4n) is 2.04. The fraction of sp³-hybridized carbons (Fsp3) is 0.278. The first kappa shape index (κ1) is 17.8. The first-order chi connectivity index (χ1) is 11.4. The zero-order chi connectivity index (χ0) is 17.4. The Bertz CT molecular complexity index is 640. The van der Waals surface area contributed by atoms with Crippen LogP contribution in [0.1, 0.15) is 24.0 Å². The topological polar surface area (TPSA) is 38.3 Å². The van der Waals surface area contributed by atoms with E-state index in [0.29, 0.717) is 25.0 Å². The normalized spacial score (nSPS) is 11.1. The Morgan fingerprint density at radius 2 is 1.67 bits per heavy atom. The Balaban J connectivity index is 1.66. The SMILES string of the molecule is O=C(CCCOc1ccccc1)NCc1ccc(C(F)(F)F)cc1. The highest BCUT2D eigenvalue weighted by Gasteiger charge is 2.29. The van der Waals surface area contributed by atoms with Gasteiger partial charge in [-0.15, -0.1) is 0 Å². The average molecular weight is 337 g/mol. The molecule has 0 heterocycles. The minimum atomic E-state index is -4.35. The zero-order valence-corrected chi connectivity index (χ0v) is 13.0. The van der Waals surface area contributed by atoms with Crippen molar-refractivity contribution in [3.8, 4) is 5.75 Å². The number of para-hydroxylation sites is 1. The molecule has 24 heavy (non-hydrogen) atoms. The Labute approximate surface area is 138 Å². The van der Waals surface area contributed by atoms with Gasteiger partial charge < -0.3 is 10.1 Å². The Hall–Kier alpha value is -2.50. The van der Waals surface area contributed by atoms with Gasteiger partial charge in [0.15, 0.2) is 0 Å². The van der Waals surface area contributed by atoms with Crippen LogP contribution >= 0.6 is 0 Å². The zero-order valence-electron chi connectivity index (χ0n) is 13.0. The van der Waals surface area contributed by atoms with E-state index in [2.05, 4.69) is 5.32 Å². The van der Waals surface area contributed by atoms with Crippen LogP contribution in [0.2, 0.25) is 0 Å². The minimum Gasteiger partial charge on any atom is -0.494 e. The molecule has 0 atom stereocenters. The third-order valence-corrected chi connectivity index (χ3v) is 3.33. The van der Waals surface area contributed by atoms with Gasteiger partial charge in [-0.3, -0.25) is 4.79 Å². The molecular weight excluding hydrogens is 319 g/mol. The molecule has 0 radical (unpaired) electrons. The van der Waals surface area contributed by atoms with Gasteiger partial charge >= 0.3 is 6.18 Å². The summed E-state index contributed by atoms with van der Waals surface area (Å²) in [7, 11) is 0. The number of rotatable bonds is 7. The van der Waals surface area contributed by atoms with Crippen molar-refractivity contribution >= 4 is 5.91 Å². The lowest BCUT2D eigenvalue weighted by atomic mass is 10.1. The van der Waals surface area contributed by atoms with E-state index in [4.69, 9.17) is 4.74 Å². The molecule has 0 bridgehead atoms. The number of hydrogen-bond acceptors (Lipinski definition) is 2. The van der Waals surface area contributed by atoms with Crippen LogP contribution < -0.4 is 10.1 Å². The minimum absolute atomic E-state index is 0.161. The van der Waals surface area contributed by atoms with E-state index in [-0.39, 0.29) is 12.5 Å².